The normalized spacial score (nSPS) is 18.1. The molecule has 0 aromatic carbocycles. The highest BCUT2D eigenvalue weighted by atomic mass is 35.5. The zero-order valence-corrected chi connectivity index (χ0v) is 10.9. The smallest absolute Gasteiger partial charge is 0.148 e. The van der Waals surface area contributed by atoms with Crippen LogP contribution in [0, 0.1) is 0 Å². The van der Waals surface area contributed by atoms with Crippen molar-refractivity contribution in [3.63, 3.8) is 0 Å². The molecule has 0 radical (unpaired) electrons. The standard InChI is InChI=1S/C10H20ClNO2S/c1-15(13,14)9-8-12(7-3-6-11)10-4-2-5-10/h10H,2-9H2,1H3. The third-order valence-electron chi connectivity index (χ3n) is 2.92. The van der Waals surface area contributed by atoms with Crippen molar-refractivity contribution < 1.29 is 8.42 Å². The number of halogens is 1. The van der Waals surface area contributed by atoms with Crippen molar-refractivity contribution in [1.82, 2.24) is 4.90 Å². The second kappa shape index (κ2) is 6.06. The van der Waals surface area contributed by atoms with Crippen molar-refractivity contribution in [2.45, 2.75) is 31.7 Å². The van der Waals surface area contributed by atoms with Gasteiger partial charge >= 0.3 is 0 Å². The molecule has 0 atom stereocenters. The van der Waals surface area contributed by atoms with Crippen molar-refractivity contribution in [3.05, 3.63) is 0 Å². The van der Waals surface area contributed by atoms with Gasteiger partial charge in [0.05, 0.1) is 5.75 Å². The number of nitrogens with zero attached hydrogens (tertiary/aromatic N) is 1. The maximum Gasteiger partial charge on any atom is 0.148 e. The summed E-state index contributed by atoms with van der Waals surface area (Å²) in [6.07, 6.45) is 5.95. The molecule has 0 aromatic rings. The highest BCUT2D eigenvalue weighted by Crippen LogP contribution is 2.24. The molecule has 1 aliphatic carbocycles. The molecule has 3 nitrogen and oxygen atoms in total. The molecular formula is C10H20ClNO2S. The predicted molar refractivity (Wildman–Crippen MR) is 64.3 cm³/mol. The number of hydrogen-bond donors (Lipinski definition) is 0. The van der Waals surface area contributed by atoms with Crippen LogP contribution in [0.3, 0.4) is 0 Å². The second-order valence-corrected chi connectivity index (χ2v) is 6.93. The summed E-state index contributed by atoms with van der Waals surface area (Å²) in [5.74, 6) is 0.924. The molecule has 1 aliphatic rings. The summed E-state index contributed by atoms with van der Waals surface area (Å²) < 4.78 is 22.2. The first-order valence-electron chi connectivity index (χ1n) is 5.50. The van der Waals surface area contributed by atoms with Gasteiger partial charge in [0.1, 0.15) is 9.84 Å². The predicted octanol–water partition coefficient (Wildman–Crippen LogP) is 1.51. The van der Waals surface area contributed by atoms with Gasteiger partial charge in [0, 0.05) is 24.7 Å². The fourth-order valence-corrected chi connectivity index (χ4v) is 2.46. The third-order valence-corrected chi connectivity index (χ3v) is 4.11. The Hall–Kier alpha value is 0.200. The number of rotatable bonds is 7. The molecule has 0 aromatic heterocycles. The van der Waals surface area contributed by atoms with E-state index < -0.39 is 9.84 Å². The Bertz CT molecular complexity index is 275. The lowest BCUT2D eigenvalue weighted by Crippen LogP contribution is -2.43. The van der Waals surface area contributed by atoms with Crippen LogP contribution in [0.5, 0.6) is 0 Å². The van der Waals surface area contributed by atoms with Crippen LogP contribution in [0.1, 0.15) is 25.7 Å². The van der Waals surface area contributed by atoms with E-state index in [-0.39, 0.29) is 5.75 Å². The number of alkyl halides is 1. The van der Waals surface area contributed by atoms with Gasteiger partial charge in [0.2, 0.25) is 0 Å². The maximum absolute atomic E-state index is 11.1. The first-order valence-corrected chi connectivity index (χ1v) is 8.10. The Labute approximate surface area is 97.7 Å². The van der Waals surface area contributed by atoms with Crippen LogP contribution in [-0.4, -0.2) is 50.3 Å². The van der Waals surface area contributed by atoms with Gasteiger partial charge in [-0.3, -0.25) is 4.90 Å². The summed E-state index contributed by atoms with van der Waals surface area (Å²) in [6.45, 7) is 1.60. The molecule has 15 heavy (non-hydrogen) atoms. The van der Waals surface area contributed by atoms with Gasteiger partial charge in [-0.2, -0.15) is 0 Å². The molecule has 90 valence electrons. The Balaban J connectivity index is 2.34. The molecule has 0 amide bonds. The summed E-state index contributed by atoms with van der Waals surface area (Å²) >= 11 is 5.66. The minimum atomic E-state index is -2.84. The van der Waals surface area contributed by atoms with E-state index in [2.05, 4.69) is 4.90 Å². The zero-order chi connectivity index (χ0) is 11.3. The molecule has 0 spiro atoms. The quantitative estimate of drug-likeness (QED) is 0.646. The summed E-state index contributed by atoms with van der Waals surface area (Å²) in [4.78, 5) is 2.28. The van der Waals surface area contributed by atoms with Gasteiger partial charge in [0.15, 0.2) is 0 Å². The highest BCUT2D eigenvalue weighted by Gasteiger charge is 2.24. The van der Waals surface area contributed by atoms with Crippen molar-refractivity contribution in [2.24, 2.45) is 0 Å². The Morgan fingerprint density at radius 1 is 1.33 bits per heavy atom. The van der Waals surface area contributed by atoms with E-state index >= 15 is 0 Å². The van der Waals surface area contributed by atoms with Crippen LogP contribution in [0.4, 0.5) is 0 Å². The van der Waals surface area contributed by atoms with E-state index in [9.17, 15) is 8.42 Å². The lowest BCUT2D eigenvalue weighted by atomic mass is 9.91. The molecule has 0 unspecified atom stereocenters. The zero-order valence-electron chi connectivity index (χ0n) is 9.28. The van der Waals surface area contributed by atoms with Gasteiger partial charge in [-0.05, 0) is 25.8 Å². The highest BCUT2D eigenvalue weighted by molar-refractivity contribution is 7.90. The fourth-order valence-electron chi connectivity index (χ4n) is 1.77. The molecule has 0 saturated heterocycles. The van der Waals surface area contributed by atoms with Crippen LogP contribution in [0.25, 0.3) is 0 Å². The van der Waals surface area contributed by atoms with E-state index in [1.165, 1.54) is 25.5 Å². The lowest BCUT2D eigenvalue weighted by molar-refractivity contribution is 0.135. The van der Waals surface area contributed by atoms with Crippen LogP contribution in [0.15, 0.2) is 0 Å². The second-order valence-electron chi connectivity index (χ2n) is 4.29. The molecule has 0 bridgehead atoms. The van der Waals surface area contributed by atoms with Crippen molar-refractivity contribution >= 4 is 21.4 Å². The van der Waals surface area contributed by atoms with Gasteiger partial charge in [-0.15, -0.1) is 11.6 Å². The lowest BCUT2D eigenvalue weighted by Gasteiger charge is -2.37. The van der Waals surface area contributed by atoms with E-state index in [4.69, 9.17) is 11.6 Å². The van der Waals surface area contributed by atoms with Gasteiger partial charge in [0.25, 0.3) is 0 Å². The molecule has 0 aliphatic heterocycles. The van der Waals surface area contributed by atoms with Crippen molar-refractivity contribution in [2.75, 3.05) is 31.0 Å². The summed E-state index contributed by atoms with van der Waals surface area (Å²) in [6, 6.07) is 0.606. The maximum atomic E-state index is 11.1. The van der Waals surface area contributed by atoms with Crippen molar-refractivity contribution in [3.8, 4) is 0 Å². The van der Waals surface area contributed by atoms with E-state index in [1.807, 2.05) is 0 Å². The molecule has 5 heteroatoms. The van der Waals surface area contributed by atoms with E-state index in [0.29, 0.717) is 18.5 Å². The molecular weight excluding hydrogens is 234 g/mol. The first kappa shape index (κ1) is 13.3. The summed E-state index contributed by atoms with van der Waals surface area (Å²) in [5.41, 5.74) is 0. The van der Waals surface area contributed by atoms with Gasteiger partial charge < -0.3 is 0 Å². The largest absolute Gasteiger partial charge is 0.299 e. The van der Waals surface area contributed by atoms with Gasteiger partial charge in [-0.25, -0.2) is 8.42 Å². The van der Waals surface area contributed by atoms with Gasteiger partial charge in [-0.1, -0.05) is 6.42 Å². The van der Waals surface area contributed by atoms with E-state index in [1.54, 1.807) is 0 Å². The van der Waals surface area contributed by atoms with Crippen LogP contribution in [0.2, 0.25) is 0 Å². The summed E-state index contributed by atoms with van der Waals surface area (Å²) in [5, 5.41) is 0. The van der Waals surface area contributed by atoms with Crippen molar-refractivity contribution in [1.29, 1.82) is 0 Å². The molecule has 0 heterocycles. The fraction of sp³-hybridized carbons (Fsp3) is 1.00. The minimum absolute atomic E-state index is 0.270. The van der Waals surface area contributed by atoms with Crippen LogP contribution >= 0.6 is 11.6 Å². The SMILES string of the molecule is CS(=O)(=O)CCN(CCCCl)C1CCC1. The monoisotopic (exact) mass is 253 g/mol. The molecule has 0 N–H and O–H groups in total. The summed E-state index contributed by atoms with van der Waals surface area (Å²) in [7, 11) is -2.84. The average molecular weight is 254 g/mol. The molecule has 1 rings (SSSR count). The third kappa shape index (κ3) is 5.18. The minimum Gasteiger partial charge on any atom is -0.299 e. The number of sulfone groups is 1. The van der Waals surface area contributed by atoms with Crippen LogP contribution < -0.4 is 0 Å². The molecule has 1 saturated carbocycles. The van der Waals surface area contributed by atoms with Crippen LogP contribution in [-0.2, 0) is 9.84 Å². The Kier molecular flexibility index (Phi) is 5.36. The average Bonchev–Trinajstić information content (AvgIpc) is 2.05. The molecule has 1 fully saturated rings. The topological polar surface area (TPSA) is 37.4 Å². The first-order chi connectivity index (χ1) is 7.03. The Morgan fingerprint density at radius 2 is 2.00 bits per heavy atom. The van der Waals surface area contributed by atoms with E-state index in [0.717, 1.165) is 13.0 Å². The Morgan fingerprint density at radius 3 is 2.40 bits per heavy atom. The number of hydrogen-bond acceptors (Lipinski definition) is 3.